The van der Waals surface area contributed by atoms with Crippen LogP contribution < -0.4 is 5.32 Å². The van der Waals surface area contributed by atoms with Crippen LogP contribution in [0.5, 0.6) is 0 Å². The molecule has 1 N–H and O–H groups in total. The van der Waals surface area contributed by atoms with Crippen molar-refractivity contribution in [2.24, 2.45) is 0 Å². The van der Waals surface area contributed by atoms with Crippen LogP contribution in [-0.2, 0) is 48.9 Å². The molecule has 1 aliphatic carbocycles. The second kappa shape index (κ2) is 27.0. The van der Waals surface area contributed by atoms with E-state index < -0.39 is 58.5 Å². The number of carbonyl (C=O) groups is 4. The van der Waals surface area contributed by atoms with Crippen LogP contribution in [0.2, 0.25) is 0 Å². The molecule has 9 rings (SSSR count). The SMILES string of the molecule is CN(CCN1CC[CH]CC1)C(=O)CCCCCNc1nc2ccc(C(=O)N(C)CCCN(C)C(=O)CO[C@H]3Cc4ccccc4C34CCN(CC[C@@]3(c5ccc(F)cc5)CN(C(=O)c5cc(C(F)(F)F)cc(C(F)(F)F)c5)CO3)CC4)cc2s1. The van der Waals surface area contributed by atoms with Crippen molar-refractivity contribution >= 4 is 50.3 Å². The Balaban J connectivity index is 0.724. The number of hydrogen-bond donors (Lipinski definition) is 1. The maximum absolute atomic E-state index is 14.2. The van der Waals surface area contributed by atoms with E-state index in [-0.39, 0.29) is 49.5 Å². The van der Waals surface area contributed by atoms with Gasteiger partial charge in [0.15, 0.2) is 5.13 Å². The van der Waals surface area contributed by atoms with Gasteiger partial charge in [0.25, 0.3) is 11.8 Å². The van der Waals surface area contributed by atoms with Gasteiger partial charge in [-0.2, -0.15) is 26.3 Å². The van der Waals surface area contributed by atoms with Crippen LogP contribution in [0.1, 0.15) is 113 Å². The highest BCUT2D eigenvalue weighted by molar-refractivity contribution is 7.22. The molecular weight excluding hydrogens is 1120 g/mol. The zero-order chi connectivity index (χ0) is 59.8. The van der Waals surface area contributed by atoms with Gasteiger partial charge in [0, 0.05) is 83.4 Å². The molecular formula is C62H74F7N8O6S. The van der Waals surface area contributed by atoms with Crippen molar-refractivity contribution in [2.75, 3.05) is 112 Å². The van der Waals surface area contributed by atoms with E-state index in [1.165, 1.54) is 41.2 Å². The number of halogens is 7. The number of nitrogens with zero attached hydrogens (tertiary/aromatic N) is 7. The monoisotopic (exact) mass is 1190 g/mol. The molecule has 4 aromatic carbocycles. The molecule has 1 spiro atoms. The van der Waals surface area contributed by atoms with Crippen molar-refractivity contribution in [3.8, 4) is 0 Å². The maximum Gasteiger partial charge on any atom is 0.416 e. The summed E-state index contributed by atoms with van der Waals surface area (Å²) in [6.45, 7) is 6.27. The molecule has 5 aromatic rings. The fourth-order valence-electron chi connectivity index (χ4n) is 12.1. The first-order valence-corrected chi connectivity index (χ1v) is 29.8. The fourth-order valence-corrected chi connectivity index (χ4v) is 13.0. The van der Waals surface area contributed by atoms with Crippen LogP contribution in [0.3, 0.4) is 0 Å². The topological polar surface area (TPSA) is 131 Å². The summed E-state index contributed by atoms with van der Waals surface area (Å²) in [5.41, 5.74) is -1.49. The van der Waals surface area contributed by atoms with E-state index in [2.05, 4.69) is 33.7 Å². The summed E-state index contributed by atoms with van der Waals surface area (Å²) in [4.78, 5) is 69.2. The molecule has 1 aromatic heterocycles. The number of unbranched alkanes of at least 4 members (excludes halogenated alkanes) is 2. The lowest BCUT2D eigenvalue weighted by Crippen LogP contribution is -2.50. The lowest BCUT2D eigenvalue weighted by Gasteiger charge is -2.44. The summed E-state index contributed by atoms with van der Waals surface area (Å²) in [5, 5.41) is 4.19. The van der Waals surface area contributed by atoms with Crippen LogP contribution in [0.25, 0.3) is 10.2 Å². The Hall–Kier alpha value is -6.20. The lowest BCUT2D eigenvalue weighted by molar-refractivity contribution is -0.143. The second-order valence-corrected chi connectivity index (χ2v) is 23.9. The smallest absolute Gasteiger partial charge is 0.367 e. The van der Waals surface area contributed by atoms with E-state index in [0.29, 0.717) is 88.1 Å². The first-order valence-electron chi connectivity index (χ1n) is 28.9. The normalized spacial score (nSPS) is 19.2. The standard InChI is InChI=1S/C62H74F7N8O6S/c1-72(26-12-27-74(3)56(80)44-16-21-51-52(37-44)84-58(71-51)70-25-9-4-6-15-54(78)73(2)33-34-75-28-10-5-11-29-75)55(79)40-82-53-38-43-13-7-8-14-50(43)59(53)22-30-76(31-23-59)32-24-60(46-17-19-49(63)20-18-46)41-77(42-83-60)57(81)45-35-47(61(64,65)66)39-48(36-45)62(67,68)69/h5,7-8,13-14,16-21,35-37,39,53H,4,6,9-12,15,22-34,38,40-42H2,1-3H3,(H,70,71)/t53-,60-/m0/s1. The number of amides is 4. The largest absolute Gasteiger partial charge is 0.416 e. The van der Waals surface area contributed by atoms with Gasteiger partial charge < -0.3 is 44.2 Å². The van der Waals surface area contributed by atoms with Gasteiger partial charge in [0.1, 0.15) is 24.8 Å². The fraction of sp³-hybridized carbons (Fsp3) is 0.516. The summed E-state index contributed by atoms with van der Waals surface area (Å²) >= 11 is 1.50. The van der Waals surface area contributed by atoms with Gasteiger partial charge in [0.05, 0.1) is 34.0 Å². The Labute approximate surface area is 490 Å². The molecule has 4 aliphatic rings. The number of benzene rings is 4. The molecule has 14 nitrogen and oxygen atoms in total. The number of aromatic nitrogens is 1. The molecule has 1 radical (unpaired) electrons. The van der Waals surface area contributed by atoms with E-state index in [1.807, 2.05) is 36.2 Å². The number of hydrogen-bond acceptors (Lipinski definition) is 11. The number of anilines is 1. The molecule has 22 heteroatoms. The summed E-state index contributed by atoms with van der Waals surface area (Å²) in [6, 6.07) is 19.9. The number of piperidine rings is 2. The minimum atomic E-state index is -5.14. The van der Waals surface area contributed by atoms with Crippen LogP contribution in [0, 0.1) is 12.2 Å². The van der Waals surface area contributed by atoms with Crippen LogP contribution in [0.4, 0.5) is 35.9 Å². The van der Waals surface area contributed by atoms with Gasteiger partial charge in [-0.05, 0) is 156 Å². The molecule has 84 heavy (non-hydrogen) atoms. The predicted molar refractivity (Wildman–Crippen MR) is 307 cm³/mol. The molecule has 4 amide bonds. The third-order valence-electron chi connectivity index (χ3n) is 17.2. The molecule has 4 heterocycles. The number of fused-ring (bicyclic) bond motifs is 3. The number of alkyl halides is 6. The Morgan fingerprint density at radius 1 is 0.750 bits per heavy atom. The second-order valence-electron chi connectivity index (χ2n) is 22.8. The molecule has 3 aliphatic heterocycles. The van der Waals surface area contributed by atoms with E-state index in [0.717, 1.165) is 90.6 Å². The van der Waals surface area contributed by atoms with Gasteiger partial charge in [0.2, 0.25) is 11.8 Å². The van der Waals surface area contributed by atoms with Gasteiger partial charge in [-0.3, -0.25) is 19.2 Å². The van der Waals surface area contributed by atoms with Crippen LogP contribution in [0.15, 0.2) is 84.9 Å². The molecule has 3 fully saturated rings. The molecule has 0 unspecified atom stereocenters. The van der Waals surface area contributed by atoms with E-state index in [9.17, 15) is 49.9 Å². The van der Waals surface area contributed by atoms with Crippen molar-refractivity contribution in [3.05, 3.63) is 136 Å². The first-order chi connectivity index (χ1) is 40.1. The maximum atomic E-state index is 14.2. The highest BCUT2D eigenvalue weighted by atomic mass is 32.1. The minimum Gasteiger partial charge on any atom is -0.367 e. The number of likely N-dealkylation sites (N-methyl/N-ethyl adjacent to an activating group) is 2. The van der Waals surface area contributed by atoms with Gasteiger partial charge in [-0.15, -0.1) is 0 Å². The Bertz CT molecular complexity index is 3060. The highest BCUT2D eigenvalue weighted by Crippen LogP contribution is 2.48. The van der Waals surface area contributed by atoms with Crippen molar-refractivity contribution in [3.63, 3.8) is 0 Å². The lowest BCUT2D eigenvalue weighted by atomic mass is 9.72. The van der Waals surface area contributed by atoms with E-state index in [4.69, 9.17) is 14.5 Å². The number of ether oxygens (including phenoxy) is 2. The number of thiazole rings is 1. The highest BCUT2D eigenvalue weighted by Gasteiger charge is 2.50. The summed E-state index contributed by atoms with van der Waals surface area (Å²) in [6.07, 6.45) is -0.00695. The number of rotatable bonds is 23. The first kappa shape index (κ1) is 62.3. The average Bonchev–Trinajstić information content (AvgIpc) is 2.54. The number of nitrogens with one attached hydrogen (secondary N) is 1. The summed E-state index contributed by atoms with van der Waals surface area (Å²) < 4.78 is 110. The Morgan fingerprint density at radius 3 is 2.14 bits per heavy atom. The van der Waals surface area contributed by atoms with Crippen molar-refractivity contribution in [1.29, 1.82) is 0 Å². The van der Waals surface area contributed by atoms with Crippen molar-refractivity contribution in [1.82, 2.24) is 34.4 Å². The number of likely N-dealkylation sites (tertiary alicyclic amines) is 2. The molecule has 3 saturated heterocycles. The Kier molecular flexibility index (Phi) is 20.0. The number of carbonyl (C=O) groups excluding carboxylic acids is 4. The van der Waals surface area contributed by atoms with Crippen LogP contribution in [-0.4, -0.2) is 171 Å². The third-order valence-corrected chi connectivity index (χ3v) is 18.2. The van der Waals surface area contributed by atoms with Gasteiger partial charge in [-0.1, -0.05) is 54.2 Å². The van der Waals surface area contributed by atoms with Crippen LogP contribution >= 0.6 is 11.3 Å². The van der Waals surface area contributed by atoms with Crippen molar-refractivity contribution < 1.29 is 59.4 Å². The van der Waals surface area contributed by atoms with Gasteiger partial charge in [-0.25, -0.2) is 9.37 Å². The van der Waals surface area contributed by atoms with Gasteiger partial charge >= 0.3 is 12.4 Å². The molecule has 0 bridgehead atoms. The minimum absolute atomic E-state index is 0.0261. The van der Waals surface area contributed by atoms with E-state index in [1.54, 1.807) is 30.0 Å². The zero-order valence-corrected chi connectivity index (χ0v) is 48.7. The summed E-state index contributed by atoms with van der Waals surface area (Å²) in [7, 11) is 5.37. The quantitative estimate of drug-likeness (QED) is 0.0498. The average molecular weight is 1190 g/mol. The molecule has 2 atom stereocenters. The summed E-state index contributed by atoms with van der Waals surface area (Å²) in [5.74, 6) is -1.73. The molecule has 0 saturated carbocycles. The van der Waals surface area contributed by atoms with Crippen molar-refractivity contribution in [2.45, 2.75) is 100 Å². The van der Waals surface area contributed by atoms with E-state index >= 15 is 0 Å². The molecule has 453 valence electrons. The Morgan fingerprint density at radius 2 is 1.43 bits per heavy atom. The third kappa shape index (κ3) is 15.1. The predicted octanol–water partition coefficient (Wildman–Crippen LogP) is 10.5. The zero-order valence-electron chi connectivity index (χ0n) is 47.8.